The number of rotatable bonds is 11. The Morgan fingerprint density at radius 1 is 0.920 bits per heavy atom. The van der Waals surface area contributed by atoms with Crippen molar-refractivity contribution in [3.63, 3.8) is 0 Å². The van der Waals surface area contributed by atoms with E-state index < -0.39 is 8.80 Å². The third kappa shape index (κ3) is 6.03. The van der Waals surface area contributed by atoms with Crippen LogP contribution >= 0.6 is 22.6 Å². The summed E-state index contributed by atoms with van der Waals surface area (Å²) in [4.78, 5) is 0. The summed E-state index contributed by atoms with van der Waals surface area (Å²) in [7, 11) is -2.79. The van der Waals surface area contributed by atoms with Crippen LogP contribution in [0, 0.1) is 0 Å². The molecule has 0 bridgehead atoms. The molecule has 138 valence electrons. The summed E-state index contributed by atoms with van der Waals surface area (Å²) in [6.45, 7) is 7.73. The highest BCUT2D eigenvalue weighted by atomic mass is 127. The van der Waals surface area contributed by atoms with Gasteiger partial charge in [0, 0.05) is 19.3 Å². The van der Waals surface area contributed by atoms with Crippen molar-refractivity contribution in [1.29, 1.82) is 0 Å². The second-order valence-electron chi connectivity index (χ2n) is 6.13. The van der Waals surface area contributed by atoms with Crippen molar-refractivity contribution in [2.24, 2.45) is 0 Å². The minimum atomic E-state index is -2.79. The first-order valence-corrected chi connectivity index (χ1v) is 12.4. The maximum Gasteiger partial charge on any atom is 0.506 e. The molecule has 0 aliphatic carbocycles. The first-order valence-electron chi connectivity index (χ1n) is 9.20. The Morgan fingerprint density at radius 2 is 1.56 bits per heavy atom. The van der Waals surface area contributed by atoms with Gasteiger partial charge in [-0.2, -0.15) is 0 Å². The van der Waals surface area contributed by atoms with Gasteiger partial charge < -0.3 is 13.3 Å². The molecule has 0 N–H and O–H groups in total. The minimum absolute atomic E-state index is 0.105. The molecule has 0 saturated carbocycles. The summed E-state index contributed by atoms with van der Waals surface area (Å²) in [6.07, 6.45) is 2.86. The van der Waals surface area contributed by atoms with Gasteiger partial charge in [0.2, 0.25) is 0 Å². The Balaban J connectivity index is 2.37. The van der Waals surface area contributed by atoms with E-state index in [-0.39, 0.29) is 4.11 Å². The van der Waals surface area contributed by atoms with Gasteiger partial charge in [-0.15, -0.1) is 0 Å². The van der Waals surface area contributed by atoms with E-state index in [1.165, 1.54) is 16.3 Å². The summed E-state index contributed by atoms with van der Waals surface area (Å²) in [5.41, 5.74) is 1.25. The fourth-order valence-electron chi connectivity index (χ4n) is 2.73. The van der Waals surface area contributed by atoms with Crippen LogP contribution in [0.3, 0.4) is 0 Å². The molecule has 5 heteroatoms. The van der Waals surface area contributed by atoms with Crippen molar-refractivity contribution in [3.8, 4) is 0 Å². The fourth-order valence-corrected chi connectivity index (χ4v) is 6.76. The molecular formula is C20H29IO3Si. The summed E-state index contributed by atoms with van der Waals surface area (Å²) < 4.78 is 19.1. The SMILES string of the molecule is CCCO[Si](Cc1cccc2ccccc12)(OCCC)OC(I)CC. The van der Waals surface area contributed by atoms with Crippen molar-refractivity contribution in [3.05, 3.63) is 48.0 Å². The monoisotopic (exact) mass is 472 g/mol. The number of halogens is 1. The van der Waals surface area contributed by atoms with Crippen LogP contribution in [0.25, 0.3) is 10.8 Å². The topological polar surface area (TPSA) is 27.7 Å². The molecule has 1 atom stereocenters. The van der Waals surface area contributed by atoms with Gasteiger partial charge in [0.1, 0.15) is 4.11 Å². The zero-order valence-corrected chi connectivity index (χ0v) is 18.6. The van der Waals surface area contributed by atoms with E-state index in [0.29, 0.717) is 19.3 Å². The molecule has 0 amide bonds. The molecule has 0 heterocycles. The van der Waals surface area contributed by atoms with Crippen molar-refractivity contribution in [1.82, 2.24) is 0 Å². The fraction of sp³-hybridized carbons (Fsp3) is 0.500. The number of alkyl halides is 1. The Hall–Kier alpha value is -0.473. The number of hydrogen-bond donors (Lipinski definition) is 0. The van der Waals surface area contributed by atoms with Gasteiger partial charge in [-0.1, -0.05) is 85.8 Å². The van der Waals surface area contributed by atoms with Gasteiger partial charge >= 0.3 is 8.80 Å². The lowest BCUT2D eigenvalue weighted by Gasteiger charge is -2.32. The molecule has 3 nitrogen and oxygen atoms in total. The van der Waals surface area contributed by atoms with E-state index >= 15 is 0 Å². The summed E-state index contributed by atoms with van der Waals surface area (Å²) in [5, 5.41) is 2.50. The third-order valence-electron chi connectivity index (χ3n) is 3.97. The van der Waals surface area contributed by atoms with E-state index in [4.69, 9.17) is 13.3 Å². The Labute approximate surface area is 166 Å². The van der Waals surface area contributed by atoms with E-state index in [1.807, 2.05) is 0 Å². The molecule has 0 aliphatic rings. The average molecular weight is 472 g/mol. The third-order valence-corrected chi connectivity index (χ3v) is 8.33. The quantitative estimate of drug-likeness (QED) is 0.232. The smallest absolute Gasteiger partial charge is 0.373 e. The van der Waals surface area contributed by atoms with Crippen LogP contribution in [-0.4, -0.2) is 26.1 Å². The lowest BCUT2D eigenvalue weighted by molar-refractivity contribution is 0.0535. The van der Waals surface area contributed by atoms with Gasteiger partial charge in [0.25, 0.3) is 0 Å². The van der Waals surface area contributed by atoms with E-state index in [9.17, 15) is 0 Å². The molecule has 25 heavy (non-hydrogen) atoms. The van der Waals surface area contributed by atoms with Crippen LogP contribution in [0.2, 0.25) is 0 Å². The summed E-state index contributed by atoms with van der Waals surface area (Å²) in [5.74, 6) is 0. The van der Waals surface area contributed by atoms with E-state index in [1.54, 1.807) is 0 Å². The van der Waals surface area contributed by atoms with Gasteiger partial charge in [0.15, 0.2) is 0 Å². The maximum atomic E-state index is 6.43. The van der Waals surface area contributed by atoms with Crippen LogP contribution < -0.4 is 0 Å². The molecule has 0 aliphatic heterocycles. The summed E-state index contributed by atoms with van der Waals surface area (Å²) >= 11 is 2.35. The molecular weight excluding hydrogens is 443 g/mol. The highest BCUT2D eigenvalue weighted by molar-refractivity contribution is 14.1. The van der Waals surface area contributed by atoms with Crippen molar-refractivity contribution in [2.45, 2.75) is 50.2 Å². The number of fused-ring (bicyclic) bond motifs is 1. The standard InChI is InChI=1S/C20H29IO3Si/c1-4-14-22-25(23-15-5-2,24-20(21)6-3)16-18-12-9-11-17-10-7-8-13-19(17)18/h7-13,20H,4-6,14-16H2,1-3H3. The van der Waals surface area contributed by atoms with E-state index in [0.717, 1.165) is 19.3 Å². The van der Waals surface area contributed by atoms with Gasteiger partial charge in [-0.25, -0.2) is 0 Å². The highest BCUT2D eigenvalue weighted by Gasteiger charge is 2.43. The average Bonchev–Trinajstić information content (AvgIpc) is 2.65. The highest BCUT2D eigenvalue weighted by Crippen LogP contribution is 2.27. The lowest BCUT2D eigenvalue weighted by Crippen LogP contribution is -2.50. The maximum absolute atomic E-state index is 6.43. The summed E-state index contributed by atoms with van der Waals surface area (Å²) in [6, 6.07) is 15.6. The molecule has 0 spiro atoms. The largest absolute Gasteiger partial charge is 0.506 e. The number of hydrogen-bond acceptors (Lipinski definition) is 3. The Bertz CT molecular complexity index is 636. The zero-order valence-electron chi connectivity index (χ0n) is 15.5. The van der Waals surface area contributed by atoms with Gasteiger partial charge in [-0.3, -0.25) is 0 Å². The van der Waals surface area contributed by atoms with Crippen molar-refractivity contribution in [2.75, 3.05) is 13.2 Å². The molecule has 1 unspecified atom stereocenters. The van der Waals surface area contributed by atoms with Crippen LogP contribution in [-0.2, 0) is 19.3 Å². The van der Waals surface area contributed by atoms with Crippen molar-refractivity contribution >= 4 is 42.2 Å². The van der Waals surface area contributed by atoms with Crippen LogP contribution in [0.15, 0.2) is 42.5 Å². The molecule has 2 rings (SSSR count). The normalized spacial score (nSPS) is 13.3. The van der Waals surface area contributed by atoms with E-state index in [2.05, 4.69) is 85.8 Å². The molecule has 0 aromatic heterocycles. The first kappa shape index (κ1) is 20.8. The number of benzene rings is 2. The molecule has 0 radical (unpaired) electrons. The predicted octanol–water partition coefficient (Wildman–Crippen LogP) is 5.90. The zero-order chi connectivity index (χ0) is 18.1. The first-order chi connectivity index (χ1) is 12.1. The molecule has 2 aromatic rings. The second kappa shape index (κ2) is 10.6. The molecule has 2 aromatic carbocycles. The van der Waals surface area contributed by atoms with Crippen LogP contribution in [0.5, 0.6) is 0 Å². The van der Waals surface area contributed by atoms with Gasteiger partial charge in [-0.05, 0) is 35.6 Å². The van der Waals surface area contributed by atoms with Crippen LogP contribution in [0.1, 0.15) is 45.6 Å². The predicted molar refractivity (Wildman–Crippen MR) is 115 cm³/mol. The van der Waals surface area contributed by atoms with Crippen molar-refractivity contribution < 1.29 is 13.3 Å². The Morgan fingerprint density at radius 3 is 2.20 bits per heavy atom. The lowest BCUT2D eigenvalue weighted by atomic mass is 10.1. The van der Waals surface area contributed by atoms with Gasteiger partial charge in [0.05, 0.1) is 0 Å². The molecule has 0 saturated heterocycles. The second-order valence-corrected chi connectivity index (χ2v) is 10.1. The van der Waals surface area contributed by atoms with Crippen LogP contribution in [0.4, 0.5) is 0 Å². The molecule has 0 fully saturated rings. The Kier molecular flexibility index (Phi) is 8.85. The minimum Gasteiger partial charge on any atom is -0.373 e.